The van der Waals surface area contributed by atoms with Crippen molar-refractivity contribution >= 4 is 44.2 Å². The van der Waals surface area contributed by atoms with Crippen molar-refractivity contribution in [2.75, 3.05) is 62.5 Å². The van der Waals surface area contributed by atoms with Crippen molar-refractivity contribution in [3.8, 4) is 24.7 Å². The summed E-state index contributed by atoms with van der Waals surface area (Å²) in [7, 11) is -1.30. The number of amides is 2. The Bertz CT molecular complexity index is 2690. The number of benzene rings is 2. The molecule has 13 nitrogen and oxygen atoms in total. The maximum Gasteiger partial charge on any atom is 0.291 e. The molecule has 2 amide bonds. The van der Waals surface area contributed by atoms with E-state index >= 15 is 0 Å². The van der Waals surface area contributed by atoms with Gasteiger partial charge in [-0.2, -0.15) is 0 Å². The van der Waals surface area contributed by atoms with Crippen LogP contribution in [0.1, 0.15) is 149 Å². The summed E-state index contributed by atoms with van der Waals surface area (Å²) in [5.74, 6) is 4.74. The summed E-state index contributed by atoms with van der Waals surface area (Å²) >= 11 is 0. The number of allylic oxidation sites excluding steroid dienone is 4. The van der Waals surface area contributed by atoms with Gasteiger partial charge < -0.3 is 36.0 Å². The topological polar surface area (TPSA) is 183 Å². The molecule has 0 radical (unpaired) electrons. The Morgan fingerprint density at radius 3 is 1.51 bits per heavy atom. The van der Waals surface area contributed by atoms with Crippen LogP contribution in [0.5, 0.6) is 0 Å². The molecule has 14 heteroatoms. The molecule has 2 aromatic carbocycles. The van der Waals surface area contributed by atoms with Gasteiger partial charge in [-0.3, -0.25) is 9.59 Å². The molecule has 0 saturated carbocycles. The van der Waals surface area contributed by atoms with Crippen LogP contribution in [0, 0.1) is 35.5 Å². The summed E-state index contributed by atoms with van der Waals surface area (Å²) in [5.41, 5.74) is 9.57. The minimum absolute atomic E-state index is 0.0811. The largest absolute Gasteiger partial charge is 0.383 e. The Labute approximate surface area is 404 Å². The fraction of sp³-hybridized carbons (Fsp3) is 0.481. The highest BCUT2D eigenvalue weighted by Crippen LogP contribution is 2.43. The zero-order valence-corrected chi connectivity index (χ0v) is 42.6. The van der Waals surface area contributed by atoms with Gasteiger partial charge in [0.05, 0.1) is 24.8 Å². The molecule has 0 spiro atoms. The Kier molecular flexibility index (Phi) is 17.6. The predicted octanol–water partition coefficient (Wildman–Crippen LogP) is 8.90. The molecule has 2 aliphatic rings. The Morgan fingerprint density at radius 1 is 0.735 bits per heavy atom. The van der Waals surface area contributed by atoms with Crippen LogP contribution in [0.3, 0.4) is 0 Å². The molecule has 6 rings (SSSR count). The van der Waals surface area contributed by atoms with Gasteiger partial charge in [0.2, 0.25) is 0 Å². The summed E-state index contributed by atoms with van der Waals surface area (Å²) in [4.78, 5) is 39.6. The zero-order chi connectivity index (χ0) is 49.9. The van der Waals surface area contributed by atoms with Gasteiger partial charge in [0.15, 0.2) is 11.6 Å². The molecule has 0 fully saturated rings. The van der Waals surface area contributed by atoms with Crippen molar-refractivity contribution in [1.29, 1.82) is 0 Å². The van der Waals surface area contributed by atoms with Crippen molar-refractivity contribution < 1.29 is 22.7 Å². The number of H-pyrrole nitrogens is 2. The first-order chi connectivity index (χ1) is 31.9. The van der Waals surface area contributed by atoms with E-state index in [1.807, 2.05) is 18.2 Å². The van der Waals surface area contributed by atoms with Gasteiger partial charge in [-0.1, -0.05) is 91.5 Å². The summed E-state index contributed by atoms with van der Waals surface area (Å²) in [6.45, 7) is 21.2. The fourth-order valence-electron chi connectivity index (χ4n) is 8.14. The van der Waals surface area contributed by atoms with Gasteiger partial charge in [0, 0.05) is 72.9 Å². The standard InChI is InChI=1S/C27H36N4O3S.C27H36N4O2/c1-7-21-17-29-24(30-21)25(32)31-23-9-8-20(27(4,5)18-28-14-15-35(6,33)34)16-22(23)19-10-12-26(2,3)13-11-19;1-7-21-17-29-24(30-21)25(32)31-23-9-8-20(27(4,5)18-28-14-15-33-6)16-22(23)19-10-12-26(2,3)13-11-19/h1,8-10,16-17,28H,11-15,18H2,2-6H3,(H,29,30)(H,31,32);1,8-10,16-17,28H,11-15,18H2,2-6H3,(H,29,30)(H,31,32). The van der Waals surface area contributed by atoms with E-state index in [-0.39, 0.29) is 45.5 Å². The molecule has 4 aromatic rings. The lowest BCUT2D eigenvalue weighted by Crippen LogP contribution is -2.35. The summed E-state index contributed by atoms with van der Waals surface area (Å²) in [6, 6.07) is 12.4. The van der Waals surface area contributed by atoms with Crippen LogP contribution in [0.15, 0.2) is 60.9 Å². The lowest BCUT2D eigenvalue weighted by molar-refractivity contribution is 0.101. The average molecular weight is 945 g/mol. The highest BCUT2D eigenvalue weighted by Gasteiger charge is 2.29. The van der Waals surface area contributed by atoms with Crippen molar-refractivity contribution in [2.24, 2.45) is 10.8 Å². The predicted molar refractivity (Wildman–Crippen MR) is 276 cm³/mol. The Hall–Kier alpha value is -5.77. The molecule has 0 saturated heterocycles. The number of ether oxygens (including phenoxy) is 1. The molecule has 68 heavy (non-hydrogen) atoms. The van der Waals surface area contributed by atoms with Gasteiger partial charge >= 0.3 is 0 Å². The van der Waals surface area contributed by atoms with E-state index in [1.54, 1.807) is 7.11 Å². The molecule has 364 valence electrons. The highest BCUT2D eigenvalue weighted by atomic mass is 32.2. The van der Waals surface area contributed by atoms with E-state index < -0.39 is 9.84 Å². The van der Waals surface area contributed by atoms with Crippen molar-refractivity contribution in [3.63, 3.8) is 0 Å². The molecule has 0 atom stereocenters. The molecular formula is C54H72N8O5S. The number of aromatic nitrogens is 4. The number of rotatable bonds is 18. The third-order valence-electron chi connectivity index (χ3n) is 12.9. The number of carbonyl (C=O) groups is 2. The molecule has 2 aliphatic carbocycles. The number of aromatic amines is 2. The Balaban J connectivity index is 0.000000255. The summed E-state index contributed by atoms with van der Waals surface area (Å²) < 4.78 is 28.0. The number of hydrogen-bond donors (Lipinski definition) is 6. The number of imidazole rings is 2. The smallest absolute Gasteiger partial charge is 0.291 e. The van der Waals surface area contributed by atoms with E-state index in [1.165, 1.54) is 35.4 Å². The summed E-state index contributed by atoms with van der Waals surface area (Å²) in [5, 5.41) is 12.8. The van der Waals surface area contributed by atoms with Crippen molar-refractivity contribution in [1.82, 2.24) is 30.6 Å². The summed E-state index contributed by atoms with van der Waals surface area (Å²) in [6.07, 6.45) is 25.7. The number of carbonyl (C=O) groups excluding carboxylic acids is 2. The molecule has 0 bridgehead atoms. The van der Waals surface area contributed by atoms with Gasteiger partial charge in [-0.05, 0) is 95.9 Å². The van der Waals surface area contributed by atoms with E-state index in [4.69, 9.17) is 17.6 Å². The van der Waals surface area contributed by atoms with Crippen LogP contribution in [-0.2, 0) is 25.4 Å². The van der Waals surface area contributed by atoms with Gasteiger partial charge in [-0.15, -0.1) is 12.8 Å². The van der Waals surface area contributed by atoms with Crippen LogP contribution >= 0.6 is 0 Å². The average Bonchev–Trinajstić information content (AvgIpc) is 3.98. The monoisotopic (exact) mass is 945 g/mol. The third-order valence-corrected chi connectivity index (χ3v) is 13.8. The minimum atomic E-state index is -3.01. The normalized spacial score (nSPS) is 15.7. The molecule has 6 N–H and O–H groups in total. The van der Waals surface area contributed by atoms with Crippen LogP contribution in [0.4, 0.5) is 11.4 Å². The maximum atomic E-state index is 12.9. The first kappa shape index (κ1) is 53.2. The van der Waals surface area contributed by atoms with Gasteiger partial charge in [-0.25, -0.2) is 18.4 Å². The first-order valence-corrected chi connectivity index (χ1v) is 25.4. The highest BCUT2D eigenvalue weighted by molar-refractivity contribution is 7.90. The van der Waals surface area contributed by atoms with Crippen LogP contribution in [0.25, 0.3) is 11.1 Å². The third kappa shape index (κ3) is 15.1. The van der Waals surface area contributed by atoms with Crippen LogP contribution < -0.4 is 21.3 Å². The van der Waals surface area contributed by atoms with E-state index in [2.05, 4.69) is 139 Å². The van der Waals surface area contributed by atoms with Gasteiger partial charge in [0.25, 0.3) is 11.8 Å². The number of terminal acetylenes is 2. The van der Waals surface area contributed by atoms with E-state index in [9.17, 15) is 18.0 Å². The van der Waals surface area contributed by atoms with E-state index in [0.29, 0.717) is 36.5 Å². The number of anilines is 2. The zero-order valence-electron chi connectivity index (χ0n) is 41.8. The molecular weight excluding hydrogens is 873 g/mol. The Morgan fingerprint density at radius 2 is 1.16 bits per heavy atom. The molecule has 2 heterocycles. The number of nitrogens with zero attached hydrogens (tertiary/aromatic N) is 2. The van der Waals surface area contributed by atoms with Crippen LogP contribution in [-0.4, -0.2) is 92.1 Å². The minimum Gasteiger partial charge on any atom is -0.383 e. The second kappa shape index (κ2) is 22.6. The van der Waals surface area contributed by atoms with E-state index in [0.717, 1.165) is 79.7 Å². The number of hydrogen-bond acceptors (Lipinski definition) is 9. The van der Waals surface area contributed by atoms with Gasteiger partial charge in [0.1, 0.15) is 21.2 Å². The number of sulfone groups is 1. The first-order valence-electron chi connectivity index (χ1n) is 23.4. The van der Waals surface area contributed by atoms with Crippen molar-refractivity contribution in [3.05, 3.63) is 106 Å². The number of nitrogens with one attached hydrogen (secondary N) is 6. The number of methoxy groups -OCH3 is 1. The maximum absolute atomic E-state index is 12.9. The second-order valence-corrected chi connectivity index (χ2v) is 23.2. The molecule has 0 aliphatic heterocycles. The fourth-order valence-corrected chi connectivity index (χ4v) is 8.66. The lowest BCUT2D eigenvalue weighted by atomic mass is 9.76. The lowest BCUT2D eigenvalue weighted by Gasteiger charge is -2.31. The molecule has 0 unspecified atom stereocenters. The second-order valence-electron chi connectivity index (χ2n) is 20.9. The quantitative estimate of drug-likeness (QED) is 0.0419. The van der Waals surface area contributed by atoms with Crippen molar-refractivity contribution in [2.45, 2.75) is 105 Å². The van der Waals surface area contributed by atoms with Crippen LogP contribution in [0.2, 0.25) is 0 Å². The SMILES string of the molecule is C#Cc1cnc(C(=O)Nc2ccc(C(C)(C)CNCCOC)cc2C2=CCC(C)(C)CC2)[nH]1.C#Cc1cnc(C(=O)Nc2ccc(C(C)(C)CNCCS(C)(=O)=O)cc2C2=CCC(C)(C)CC2)[nH]1. The molecule has 2 aromatic heterocycles.